The van der Waals surface area contributed by atoms with Gasteiger partial charge in [0.05, 0.1) is 0 Å². The second-order valence-electron chi connectivity index (χ2n) is 5.53. The number of carbonyl (C=O) groups is 1. The van der Waals surface area contributed by atoms with Crippen molar-refractivity contribution < 1.29 is 4.79 Å². The summed E-state index contributed by atoms with van der Waals surface area (Å²) >= 11 is 5.84. The molecule has 25 heavy (non-hydrogen) atoms. The van der Waals surface area contributed by atoms with Gasteiger partial charge in [0.1, 0.15) is 0 Å². The van der Waals surface area contributed by atoms with E-state index in [1.807, 2.05) is 49.4 Å². The van der Waals surface area contributed by atoms with E-state index in [-0.39, 0.29) is 6.03 Å². The summed E-state index contributed by atoms with van der Waals surface area (Å²) in [4.78, 5) is 20.6. The van der Waals surface area contributed by atoms with Gasteiger partial charge >= 0.3 is 6.03 Å². The predicted octanol–water partition coefficient (Wildman–Crippen LogP) is 4.43. The molecule has 0 spiro atoms. The van der Waals surface area contributed by atoms with Crippen LogP contribution in [0, 0.1) is 6.92 Å². The van der Waals surface area contributed by atoms with Crippen LogP contribution in [0.5, 0.6) is 0 Å². The zero-order valence-electron chi connectivity index (χ0n) is 13.7. The Hall–Kier alpha value is -2.92. The first-order valence-electron chi connectivity index (χ1n) is 7.79. The van der Waals surface area contributed by atoms with Gasteiger partial charge in [-0.3, -0.25) is 0 Å². The van der Waals surface area contributed by atoms with Crippen LogP contribution >= 0.6 is 11.6 Å². The molecule has 0 unspecified atom stereocenters. The van der Waals surface area contributed by atoms with Crippen LogP contribution < -0.4 is 10.6 Å². The van der Waals surface area contributed by atoms with Crippen LogP contribution in [0.4, 0.5) is 10.5 Å². The van der Waals surface area contributed by atoms with Gasteiger partial charge in [-0.1, -0.05) is 23.7 Å². The van der Waals surface area contributed by atoms with Crippen molar-refractivity contribution in [1.29, 1.82) is 0 Å². The first-order valence-corrected chi connectivity index (χ1v) is 8.17. The molecule has 0 saturated heterocycles. The molecule has 126 valence electrons. The third kappa shape index (κ3) is 4.78. The summed E-state index contributed by atoms with van der Waals surface area (Å²) in [5.74, 6) is 0.665. The normalized spacial score (nSPS) is 10.3. The van der Waals surface area contributed by atoms with E-state index < -0.39 is 0 Å². The van der Waals surface area contributed by atoms with E-state index in [1.54, 1.807) is 18.3 Å². The van der Waals surface area contributed by atoms with Crippen LogP contribution in [-0.4, -0.2) is 16.0 Å². The Morgan fingerprint density at radius 3 is 2.44 bits per heavy atom. The van der Waals surface area contributed by atoms with E-state index in [0.29, 0.717) is 23.1 Å². The minimum absolute atomic E-state index is 0.269. The van der Waals surface area contributed by atoms with Gasteiger partial charge in [-0.2, -0.15) is 0 Å². The Kier molecular flexibility index (Phi) is 5.26. The van der Waals surface area contributed by atoms with Gasteiger partial charge in [0, 0.05) is 34.7 Å². The zero-order chi connectivity index (χ0) is 17.6. The van der Waals surface area contributed by atoms with E-state index in [0.717, 1.165) is 16.8 Å². The summed E-state index contributed by atoms with van der Waals surface area (Å²) in [6.45, 7) is 2.35. The average Bonchev–Trinajstić information content (AvgIpc) is 2.62. The molecule has 3 rings (SSSR count). The molecule has 1 aromatic heterocycles. The number of nitrogens with one attached hydrogen (secondary N) is 2. The third-order valence-electron chi connectivity index (χ3n) is 3.56. The van der Waals surface area contributed by atoms with Crippen LogP contribution in [0.15, 0.2) is 60.8 Å². The fraction of sp³-hybridized carbons (Fsp3) is 0.105. The van der Waals surface area contributed by atoms with Gasteiger partial charge in [-0.05, 0) is 55.0 Å². The highest BCUT2D eigenvalue weighted by Crippen LogP contribution is 2.18. The SMILES string of the molecule is Cc1ccnc(-c2ccc(NC(=O)NCc3ccc(Cl)cc3)cc2)n1. The molecule has 0 bridgehead atoms. The van der Waals surface area contributed by atoms with Crippen molar-refractivity contribution in [3.05, 3.63) is 77.1 Å². The second kappa shape index (κ2) is 7.77. The Bertz CT molecular complexity index is 863. The van der Waals surface area contributed by atoms with Crippen LogP contribution in [0.25, 0.3) is 11.4 Å². The summed E-state index contributed by atoms with van der Waals surface area (Å²) in [5, 5.41) is 6.27. The standard InChI is InChI=1S/C19H17ClN4O/c1-13-10-11-21-18(23-13)15-4-8-17(9-5-15)24-19(25)22-12-14-2-6-16(20)7-3-14/h2-11H,12H2,1H3,(H2,22,24,25). The molecule has 0 aliphatic rings. The number of aryl methyl sites for hydroxylation is 1. The lowest BCUT2D eigenvalue weighted by atomic mass is 10.2. The summed E-state index contributed by atoms with van der Waals surface area (Å²) in [6, 6.07) is 16.3. The molecule has 3 aromatic rings. The molecule has 2 amide bonds. The van der Waals surface area contributed by atoms with Gasteiger partial charge in [0.2, 0.25) is 0 Å². The van der Waals surface area contributed by atoms with Crippen molar-refractivity contribution in [3.8, 4) is 11.4 Å². The lowest BCUT2D eigenvalue weighted by molar-refractivity contribution is 0.251. The van der Waals surface area contributed by atoms with Crippen molar-refractivity contribution >= 4 is 23.3 Å². The Morgan fingerprint density at radius 1 is 1.04 bits per heavy atom. The monoisotopic (exact) mass is 352 g/mol. The van der Waals surface area contributed by atoms with Crippen LogP contribution in [0.2, 0.25) is 5.02 Å². The minimum atomic E-state index is -0.269. The molecule has 0 aliphatic carbocycles. The number of amides is 2. The number of anilines is 1. The Labute approximate surface area is 151 Å². The molecule has 6 heteroatoms. The van der Waals surface area contributed by atoms with Gasteiger partial charge < -0.3 is 10.6 Å². The number of hydrogen-bond donors (Lipinski definition) is 2. The maximum Gasteiger partial charge on any atom is 0.319 e. The molecule has 1 heterocycles. The topological polar surface area (TPSA) is 66.9 Å². The number of halogens is 1. The van der Waals surface area contributed by atoms with E-state index in [2.05, 4.69) is 20.6 Å². The Morgan fingerprint density at radius 2 is 1.76 bits per heavy atom. The molecule has 0 aliphatic heterocycles. The smallest absolute Gasteiger partial charge is 0.319 e. The Balaban J connectivity index is 1.57. The average molecular weight is 353 g/mol. The van der Waals surface area contributed by atoms with Crippen molar-refractivity contribution in [3.63, 3.8) is 0 Å². The van der Waals surface area contributed by atoms with Crippen LogP contribution in [0.3, 0.4) is 0 Å². The van der Waals surface area contributed by atoms with Gasteiger partial charge in [0.25, 0.3) is 0 Å². The molecular weight excluding hydrogens is 336 g/mol. The summed E-state index contributed by atoms with van der Waals surface area (Å²) in [7, 11) is 0. The number of carbonyl (C=O) groups excluding carboxylic acids is 1. The number of aromatic nitrogens is 2. The van der Waals surface area contributed by atoms with Crippen molar-refractivity contribution in [1.82, 2.24) is 15.3 Å². The zero-order valence-corrected chi connectivity index (χ0v) is 14.4. The van der Waals surface area contributed by atoms with E-state index >= 15 is 0 Å². The van der Waals surface area contributed by atoms with E-state index in [9.17, 15) is 4.79 Å². The number of hydrogen-bond acceptors (Lipinski definition) is 3. The quantitative estimate of drug-likeness (QED) is 0.730. The first kappa shape index (κ1) is 16.9. The molecule has 0 saturated carbocycles. The number of nitrogens with zero attached hydrogens (tertiary/aromatic N) is 2. The van der Waals surface area contributed by atoms with E-state index in [1.165, 1.54) is 0 Å². The maximum atomic E-state index is 12.0. The molecular formula is C19H17ClN4O. The van der Waals surface area contributed by atoms with Crippen molar-refractivity contribution in [2.24, 2.45) is 0 Å². The second-order valence-corrected chi connectivity index (χ2v) is 5.97. The van der Waals surface area contributed by atoms with Gasteiger partial charge in [-0.25, -0.2) is 14.8 Å². The minimum Gasteiger partial charge on any atom is -0.334 e. The summed E-state index contributed by atoms with van der Waals surface area (Å²) in [5.41, 5.74) is 3.49. The predicted molar refractivity (Wildman–Crippen MR) is 99.5 cm³/mol. The number of urea groups is 1. The maximum absolute atomic E-state index is 12.0. The number of benzene rings is 2. The fourth-order valence-corrected chi connectivity index (χ4v) is 2.38. The van der Waals surface area contributed by atoms with Crippen LogP contribution in [-0.2, 0) is 6.54 Å². The number of rotatable bonds is 4. The first-order chi connectivity index (χ1) is 12.1. The van der Waals surface area contributed by atoms with Crippen LogP contribution in [0.1, 0.15) is 11.3 Å². The van der Waals surface area contributed by atoms with Gasteiger partial charge in [-0.15, -0.1) is 0 Å². The molecule has 5 nitrogen and oxygen atoms in total. The molecule has 0 fully saturated rings. The fourth-order valence-electron chi connectivity index (χ4n) is 2.25. The van der Waals surface area contributed by atoms with Gasteiger partial charge in [0.15, 0.2) is 5.82 Å². The van der Waals surface area contributed by atoms with Crippen molar-refractivity contribution in [2.75, 3.05) is 5.32 Å². The molecule has 0 atom stereocenters. The highest BCUT2D eigenvalue weighted by Gasteiger charge is 2.04. The third-order valence-corrected chi connectivity index (χ3v) is 3.81. The molecule has 2 aromatic carbocycles. The molecule has 0 radical (unpaired) electrons. The summed E-state index contributed by atoms with van der Waals surface area (Å²) < 4.78 is 0. The lowest BCUT2D eigenvalue weighted by Gasteiger charge is -2.08. The largest absolute Gasteiger partial charge is 0.334 e. The van der Waals surface area contributed by atoms with Crippen molar-refractivity contribution in [2.45, 2.75) is 13.5 Å². The van der Waals surface area contributed by atoms with E-state index in [4.69, 9.17) is 11.6 Å². The molecule has 2 N–H and O–H groups in total. The summed E-state index contributed by atoms with van der Waals surface area (Å²) in [6.07, 6.45) is 1.73. The lowest BCUT2D eigenvalue weighted by Crippen LogP contribution is -2.28. The highest BCUT2D eigenvalue weighted by atomic mass is 35.5. The highest BCUT2D eigenvalue weighted by molar-refractivity contribution is 6.30.